The highest BCUT2D eigenvalue weighted by atomic mass is 32.1. The Labute approximate surface area is 148 Å². The van der Waals surface area contributed by atoms with Crippen molar-refractivity contribution in [1.82, 2.24) is 10.2 Å². The van der Waals surface area contributed by atoms with Crippen molar-refractivity contribution in [3.63, 3.8) is 0 Å². The minimum absolute atomic E-state index is 0.0682. The van der Waals surface area contributed by atoms with Gasteiger partial charge in [-0.05, 0) is 31.2 Å². The number of hydrogen-bond acceptors (Lipinski definition) is 5. The molecule has 0 bridgehead atoms. The molecule has 1 aromatic rings. The number of carbonyl (C=O) groups is 1. The van der Waals surface area contributed by atoms with Gasteiger partial charge in [-0.2, -0.15) is 0 Å². The van der Waals surface area contributed by atoms with Crippen LogP contribution < -0.4 is 5.32 Å². The van der Waals surface area contributed by atoms with Crippen molar-refractivity contribution in [2.24, 2.45) is 11.8 Å². The van der Waals surface area contributed by atoms with Gasteiger partial charge in [0.25, 0.3) is 0 Å². The van der Waals surface area contributed by atoms with E-state index in [2.05, 4.69) is 16.3 Å². The van der Waals surface area contributed by atoms with Gasteiger partial charge in [0.2, 0.25) is 5.91 Å². The number of rotatable bonds is 7. The van der Waals surface area contributed by atoms with Crippen LogP contribution in [0.25, 0.3) is 0 Å². The third-order valence-corrected chi connectivity index (χ3v) is 5.94. The van der Waals surface area contributed by atoms with Crippen LogP contribution in [0, 0.1) is 11.8 Å². The number of nitrogens with zero attached hydrogens (tertiary/aromatic N) is 1. The van der Waals surface area contributed by atoms with E-state index in [1.165, 1.54) is 4.88 Å². The van der Waals surface area contributed by atoms with Crippen LogP contribution in [0.5, 0.6) is 0 Å². The predicted octanol–water partition coefficient (Wildman–Crippen LogP) is 2.13. The molecule has 3 heterocycles. The van der Waals surface area contributed by atoms with Gasteiger partial charge in [0.1, 0.15) is 0 Å². The number of piperidine rings is 1. The van der Waals surface area contributed by atoms with Crippen LogP contribution in [-0.4, -0.2) is 56.4 Å². The lowest BCUT2D eigenvalue weighted by molar-refractivity contribution is -0.142. The first kappa shape index (κ1) is 17.9. The molecule has 0 saturated carbocycles. The molecule has 0 aliphatic carbocycles. The maximum Gasteiger partial charge on any atom is 0.223 e. The van der Waals surface area contributed by atoms with E-state index in [-0.39, 0.29) is 17.9 Å². The molecule has 2 fully saturated rings. The molecule has 0 aromatic carbocycles. The van der Waals surface area contributed by atoms with Crippen molar-refractivity contribution in [1.29, 1.82) is 0 Å². The second kappa shape index (κ2) is 8.94. The molecule has 2 aliphatic heterocycles. The molecular formula is C18H28N2O3S. The lowest BCUT2D eigenvalue weighted by Gasteiger charge is -2.44. The molecule has 2 saturated heterocycles. The van der Waals surface area contributed by atoms with E-state index in [4.69, 9.17) is 9.47 Å². The molecule has 1 aromatic heterocycles. The summed E-state index contributed by atoms with van der Waals surface area (Å²) in [5, 5.41) is 5.17. The van der Waals surface area contributed by atoms with E-state index in [1.54, 1.807) is 11.3 Å². The summed E-state index contributed by atoms with van der Waals surface area (Å²) in [6, 6.07) is 4.09. The van der Waals surface area contributed by atoms with Gasteiger partial charge >= 0.3 is 0 Å². The molecule has 0 radical (unpaired) electrons. The van der Waals surface area contributed by atoms with Crippen molar-refractivity contribution in [2.45, 2.75) is 32.4 Å². The molecule has 1 N–H and O–H groups in total. The maximum absolute atomic E-state index is 12.7. The number of thiophene rings is 1. The standard InChI is InChI=1S/C18H28N2O3S/c1-2-22-10-8-20-7-5-17-16(13-20)15(6-9-23-17)18(21)19-12-14-4-3-11-24-14/h3-4,11,15-17H,2,5-10,12-13H2,1H3,(H,19,21)/t15-,16-,17-/m0/s1. The Kier molecular flexibility index (Phi) is 6.66. The summed E-state index contributed by atoms with van der Waals surface area (Å²) in [5.41, 5.74) is 0. The first-order valence-corrected chi connectivity index (χ1v) is 9.87. The molecule has 0 spiro atoms. The molecule has 1 amide bonds. The Balaban J connectivity index is 1.54. The zero-order valence-corrected chi connectivity index (χ0v) is 15.2. The monoisotopic (exact) mass is 352 g/mol. The normalized spacial score (nSPS) is 27.6. The van der Waals surface area contributed by atoms with E-state index >= 15 is 0 Å². The highest BCUT2D eigenvalue weighted by Crippen LogP contribution is 2.33. The lowest BCUT2D eigenvalue weighted by atomic mass is 9.79. The third kappa shape index (κ3) is 4.57. The fourth-order valence-electron chi connectivity index (χ4n) is 3.77. The number of amides is 1. The van der Waals surface area contributed by atoms with Crippen molar-refractivity contribution in [3.05, 3.63) is 22.4 Å². The van der Waals surface area contributed by atoms with Gasteiger partial charge in [0.05, 0.1) is 19.3 Å². The molecule has 2 aliphatic rings. The van der Waals surface area contributed by atoms with E-state index in [9.17, 15) is 4.79 Å². The average molecular weight is 353 g/mol. The predicted molar refractivity (Wildman–Crippen MR) is 95.1 cm³/mol. The summed E-state index contributed by atoms with van der Waals surface area (Å²) in [6.45, 7) is 7.82. The number of likely N-dealkylation sites (tertiary alicyclic amines) is 1. The average Bonchev–Trinajstić information content (AvgIpc) is 3.13. The summed E-state index contributed by atoms with van der Waals surface area (Å²) in [4.78, 5) is 16.3. The second-order valence-corrected chi connectivity index (χ2v) is 7.58. The summed E-state index contributed by atoms with van der Waals surface area (Å²) in [7, 11) is 0. The Morgan fingerprint density at radius 1 is 1.50 bits per heavy atom. The van der Waals surface area contributed by atoms with Gasteiger partial charge in [-0.15, -0.1) is 11.3 Å². The fourth-order valence-corrected chi connectivity index (χ4v) is 4.41. The molecule has 0 unspecified atom stereocenters. The van der Waals surface area contributed by atoms with Crippen molar-refractivity contribution >= 4 is 17.2 Å². The SMILES string of the molecule is CCOCCN1CC[C@@H]2OCC[C@H](C(=O)NCc3cccs3)[C@@H]2C1. The van der Waals surface area contributed by atoms with Gasteiger partial charge in [-0.3, -0.25) is 4.79 Å². The highest BCUT2D eigenvalue weighted by molar-refractivity contribution is 7.09. The first-order valence-electron chi connectivity index (χ1n) is 8.99. The van der Waals surface area contributed by atoms with Crippen LogP contribution in [-0.2, 0) is 20.8 Å². The summed E-state index contributed by atoms with van der Waals surface area (Å²) in [5.74, 6) is 0.560. The van der Waals surface area contributed by atoms with Gasteiger partial charge in [-0.1, -0.05) is 6.07 Å². The van der Waals surface area contributed by atoms with Crippen LogP contribution in [0.2, 0.25) is 0 Å². The van der Waals surface area contributed by atoms with Gasteiger partial charge in [0, 0.05) is 49.6 Å². The number of ether oxygens (including phenoxy) is 2. The van der Waals surface area contributed by atoms with Crippen molar-refractivity contribution in [3.8, 4) is 0 Å². The largest absolute Gasteiger partial charge is 0.380 e. The fraction of sp³-hybridized carbons (Fsp3) is 0.722. The summed E-state index contributed by atoms with van der Waals surface area (Å²) < 4.78 is 11.4. The van der Waals surface area contributed by atoms with E-state index in [0.717, 1.165) is 45.7 Å². The van der Waals surface area contributed by atoms with Crippen molar-refractivity contribution in [2.75, 3.05) is 39.5 Å². The van der Waals surface area contributed by atoms with E-state index < -0.39 is 0 Å². The Hall–Kier alpha value is -0.950. The number of hydrogen-bond donors (Lipinski definition) is 1. The third-order valence-electron chi connectivity index (χ3n) is 5.06. The minimum Gasteiger partial charge on any atom is -0.380 e. The Bertz CT molecular complexity index is 506. The van der Waals surface area contributed by atoms with Gasteiger partial charge in [-0.25, -0.2) is 0 Å². The zero-order valence-electron chi connectivity index (χ0n) is 14.4. The quantitative estimate of drug-likeness (QED) is 0.764. The number of nitrogens with one attached hydrogen (secondary N) is 1. The molecule has 5 nitrogen and oxygen atoms in total. The molecule has 134 valence electrons. The van der Waals surface area contributed by atoms with Crippen LogP contribution in [0.15, 0.2) is 17.5 Å². The highest BCUT2D eigenvalue weighted by Gasteiger charge is 2.41. The maximum atomic E-state index is 12.7. The van der Waals surface area contributed by atoms with Crippen LogP contribution >= 0.6 is 11.3 Å². The van der Waals surface area contributed by atoms with Crippen LogP contribution in [0.1, 0.15) is 24.6 Å². The Morgan fingerprint density at radius 3 is 3.21 bits per heavy atom. The first-order chi connectivity index (χ1) is 11.8. The molecular weight excluding hydrogens is 324 g/mol. The van der Waals surface area contributed by atoms with E-state index in [1.807, 2.05) is 18.4 Å². The Morgan fingerprint density at radius 2 is 2.42 bits per heavy atom. The van der Waals surface area contributed by atoms with Crippen LogP contribution in [0.3, 0.4) is 0 Å². The topological polar surface area (TPSA) is 50.8 Å². The number of fused-ring (bicyclic) bond motifs is 1. The molecule has 3 rings (SSSR count). The van der Waals surface area contributed by atoms with Crippen LogP contribution in [0.4, 0.5) is 0 Å². The number of carbonyl (C=O) groups excluding carboxylic acids is 1. The molecule has 3 atom stereocenters. The zero-order chi connectivity index (χ0) is 16.8. The minimum atomic E-state index is 0.0682. The summed E-state index contributed by atoms with van der Waals surface area (Å²) >= 11 is 1.68. The second-order valence-electron chi connectivity index (χ2n) is 6.55. The molecule has 24 heavy (non-hydrogen) atoms. The van der Waals surface area contributed by atoms with Gasteiger partial charge in [0.15, 0.2) is 0 Å². The van der Waals surface area contributed by atoms with Crippen molar-refractivity contribution < 1.29 is 14.3 Å². The van der Waals surface area contributed by atoms with Gasteiger partial charge < -0.3 is 19.7 Å². The molecule has 6 heteroatoms. The lowest BCUT2D eigenvalue weighted by Crippen LogP contribution is -2.53. The van der Waals surface area contributed by atoms with E-state index in [0.29, 0.717) is 19.1 Å². The summed E-state index contributed by atoms with van der Waals surface area (Å²) in [6.07, 6.45) is 2.09. The smallest absolute Gasteiger partial charge is 0.223 e.